The number of hydrogen-bond donors (Lipinski definition) is 0. The lowest BCUT2D eigenvalue weighted by molar-refractivity contribution is -0.154. The molecule has 0 radical (unpaired) electrons. The highest BCUT2D eigenvalue weighted by atomic mass is 16.5. The molecule has 0 aromatic heterocycles. The van der Waals surface area contributed by atoms with Gasteiger partial charge in [-0.05, 0) is 25.2 Å². The number of rotatable bonds is 2. The van der Waals surface area contributed by atoms with Crippen LogP contribution < -0.4 is 0 Å². The van der Waals surface area contributed by atoms with Gasteiger partial charge >= 0.3 is 5.97 Å². The van der Waals surface area contributed by atoms with Gasteiger partial charge in [-0.3, -0.25) is 4.79 Å². The smallest absolute Gasteiger partial charge is 0.306 e. The number of esters is 1. The van der Waals surface area contributed by atoms with E-state index in [-0.39, 0.29) is 12.1 Å². The molecule has 1 unspecified atom stereocenters. The largest absolute Gasteiger partial charge is 0.462 e. The van der Waals surface area contributed by atoms with E-state index in [9.17, 15) is 4.79 Å². The molecule has 2 rings (SSSR count). The van der Waals surface area contributed by atoms with Crippen molar-refractivity contribution < 1.29 is 9.53 Å². The van der Waals surface area contributed by atoms with Crippen molar-refractivity contribution in [3.05, 3.63) is 0 Å². The van der Waals surface area contributed by atoms with E-state index in [1.165, 1.54) is 32.1 Å². The highest BCUT2D eigenvalue weighted by molar-refractivity contribution is 5.70. The first-order chi connectivity index (χ1) is 6.84. The van der Waals surface area contributed by atoms with Crippen molar-refractivity contribution in [3.8, 4) is 0 Å². The van der Waals surface area contributed by atoms with Crippen molar-refractivity contribution in [3.63, 3.8) is 0 Å². The molecule has 0 bridgehead atoms. The molecule has 14 heavy (non-hydrogen) atoms. The summed E-state index contributed by atoms with van der Waals surface area (Å²) in [7, 11) is 0. The van der Waals surface area contributed by atoms with Crippen LogP contribution in [0.25, 0.3) is 0 Å². The van der Waals surface area contributed by atoms with Crippen LogP contribution in [0.15, 0.2) is 0 Å². The van der Waals surface area contributed by atoms with Gasteiger partial charge in [0.2, 0.25) is 0 Å². The number of carbonyl (C=O) groups is 1. The number of ether oxygens (including phenoxy) is 1. The maximum atomic E-state index is 11.1. The van der Waals surface area contributed by atoms with E-state index in [1.54, 1.807) is 0 Å². The van der Waals surface area contributed by atoms with Gasteiger partial charge in [0.1, 0.15) is 6.10 Å². The molecule has 0 N–H and O–H groups in total. The van der Waals surface area contributed by atoms with Crippen molar-refractivity contribution in [2.45, 2.75) is 63.9 Å². The van der Waals surface area contributed by atoms with Crippen LogP contribution >= 0.6 is 0 Å². The summed E-state index contributed by atoms with van der Waals surface area (Å²) in [5.41, 5.74) is 0. The summed E-state index contributed by atoms with van der Waals surface area (Å²) in [5.74, 6) is 0.858. The summed E-state index contributed by atoms with van der Waals surface area (Å²) < 4.78 is 5.35. The highest BCUT2D eigenvalue weighted by Crippen LogP contribution is 2.30. The van der Waals surface area contributed by atoms with E-state index in [0.29, 0.717) is 6.42 Å². The molecule has 1 saturated carbocycles. The van der Waals surface area contributed by atoms with Crippen LogP contribution in [-0.4, -0.2) is 12.1 Å². The lowest BCUT2D eigenvalue weighted by Gasteiger charge is -2.28. The van der Waals surface area contributed by atoms with Crippen LogP contribution in [0, 0.1) is 5.92 Å². The molecular weight excluding hydrogens is 176 g/mol. The molecule has 2 heteroatoms. The van der Waals surface area contributed by atoms with Gasteiger partial charge in [-0.2, -0.15) is 0 Å². The predicted octanol–water partition coefficient (Wildman–Crippen LogP) is 3.05. The quantitative estimate of drug-likeness (QED) is 0.634. The molecule has 80 valence electrons. The second-order valence-corrected chi connectivity index (χ2v) is 4.74. The molecular formula is C12H20O2. The van der Waals surface area contributed by atoms with Crippen LogP contribution in [0.2, 0.25) is 0 Å². The third kappa shape index (κ3) is 2.73. The molecule has 2 nitrogen and oxygen atoms in total. The topological polar surface area (TPSA) is 26.3 Å². The number of carbonyl (C=O) groups excluding carboxylic acids is 1. The molecule has 1 aliphatic heterocycles. The first-order valence-corrected chi connectivity index (χ1v) is 6.04. The molecule has 1 heterocycles. The molecule has 1 saturated heterocycles. The molecule has 0 aromatic carbocycles. The van der Waals surface area contributed by atoms with E-state index in [2.05, 4.69) is 0 Å². The van der Waals surface area contributed by atoms with Crippen LogP contribution in [0.5, 0.6) is 0 Å². The Morgan fingerprint density at radius 1 is 1.07 bits per heavy atom. The van der Waals surface area contributed by atoms with E-state index in [0.717, 1.165) is 25.2 Å². The van der Waals surface area contributed by atoms with Gasteiger partial charge in [-0.15, -0.1) is 0 Å². The average molecular weight is 196 g/mol. The summed E-state index contributed by atoms with van der Waals surface area (Å²) in [6, 6.07) is 0. The molecule has 0 amide bonds. The Hall–Kier alpha value is -0.530. The Morgan fingerprint density at radius 2 is 1.86 bits per heavy atom. The summed E-state index contributed by atoms with van der Waals surface area (Å²) in [6.07, 6.45) is 11.0. The minimum absolute atomic E-state index is 0.0251. The lowest BCUT2D eigenvalue weighted by Crippen LogP contribution is -2.26. The van der Waals surface area contributed by atoms with Gasteiger partial charge in [-0.1, -0.05) is 32.1 Å². The van der Waals surface area contributed by atoms with Gasteiger partial charge in [-0.25, -0.2) is 0 Å². The Labute approximate surface area is 86.0 Å². The molecule has 0 aromatic rings. The van der Waals surface area contributed by atoms with E-state index in [4.69, 9.17) is 4.74 Å². The van der Waals surface area contributed by atoms with Crippen molar-refractivity contribution in [2.24, 2.45) is 5.92 Å². The van der Waals surface area contributed by atoms with E-state index < -0.39 is 0 Å². The Bertz CT molecular complexity index is 194. The van der Waals surface area contributed by atoms with Crippen molar-refractivity contribution in [2.75, 3.05) is 0 Å². The van der Waals surface area contributed by atoms with Crippen LogP contribution in [-0.2, 0) is 9.53 Å². The monoisotopic (exact) mass is 196 g/mol. The fraction of sp³-hybridized carbons (Fsp3) is 0.917. The van der Waals surface area contributed by atoms with Crippen molar-refractivity contribution >= 4 is 5.97 Å². The van der Waals surface area contributed by atoms with Crippen molar-refractivity contribution in [1.29, 1.82) is 0 Å². The van der Waals surface area contributed by atoms with Gasteiger partial charge in [0, 0.05) is 6.42 Å². The van der Waals surface area contributed by atoms with Gasteiger partial charge < -0.3 is 4.74 Å². The third-order valence-electron chi connectivity index (χ3n) is 3.53. The molecule has 1 aliphatic carbocycles. The Balaban J connectivity index is 1.75. The predicted molar refractivity (Wildman–Crippen MR) is 54.9 cm³/mol. The first-order valence-electron chi connectivity index (χ1n) is 6.04. The summed E-state index contributed by atoms with van der Waals surface area (Å²) in [5, 5.41) is 0. The fourth-order valence-corrected chi connectivity index (χ4v) is 2.74. The molecule has 2 aliphatic rings. The average Bonchev–Trinajstić information content (AvgIpc) is 2.19. The van der Waals surface area contributed by atoms with Crippen LogP contribution in [0.1, 0.15) is 57.8 Å². The first kappa shape index (κ1) is 10.0. The highest BCUT2D eigenvalue weighted by Gasteiger charge is 2.24. The molecule has 1 atom stereocenters. The van der Waals surface area contributed by atoms with E-state index in [1.807, 2.05) is 0 Å². The SMILES string of the molecule is O=C1CCCC(CC2CCCCC2)O1. The summed E-state index contributed by atoms with van der Waals surface area (Å²) in [6.45, 7) is 0. The maximum Gasteiger partial charge on any atom is 0.306 e. The summed E-state index contributed by atoms with van der Waals surface area (Å²) in [4.78, 5) is 11.1. The van der Waals surface area contributed by atoms with Gasteiger partial charge in [0.05, 0.1) is 0 Å². The van der Waals surface area contributed by atoms with Crippen molar-refractivity contribution in [1.82, 2.24) is 0 Å². The number of cyclic esters (lactones) is 1. The zero-order valence-corrected chi connectivity index (χ0v) is 8.84. The second kappa shape index (κ2) is 4.81. The minimum Gasteiger partial charge on any atom is -0.462 e. The standard InChI is InChI=1S/C12H20O2/c13-12-8-4-7-11(14-12)9-10-5-2-1-3-6-10/h10-11H,1-9H2. The van der Waals surface area contributed by atoms with E-state index >= 15 is 0 Å². The minimum atomic E-state index is 0.0251. The zero-order chi connectivity index (χ0) is 9.80. The van der Waals surface area contributed by atoms with Crippen LogP contribution in [0.4, 0.5) is 0 Å². The lowest BCUT2D eigenvalue weighted by atomic mass is 9.84. The normalized spacial score (nSPS) is 30.0. The maximum absolute atomic E-state index is 11.1. The Kier molecular flexibility index (Phi) is 3.44. The fourth-order valence-electron chi connectivity index (χ4n) is 2.74. The zero-order valence-electron chi connectivity index (χ0n) is 8.84. The number of hydrogen-bond acceptors (Lipinski definition) is 2. The van der Waals surface area contributed by atoms with Gasteiger partial charge in [0.15, 0.2) is 0 Å². The van der Waals surface area contributed by atoms with Crippen LogP contribution in [0.3, 0.4) is 0 Å². The third-order valence-corrected chi connectivity index (χ3v) is 3.53. The molecule has 0 spiro atoms. The summed E-state index contributed by atoms with van der Waals surface area (Å²) >= 11 is 0. The second-order valence-electron chi connectivity index (χ2n) is 4.74. The Morgan fingerprint density at radius 3 is 2.57 bits per heavy atom. The molecule has 2 fully saturated rings. The van der Waals surface area contributed by atoms with Gasteiger partial charge in [0.25, 0.3) is 0 Å².